The maximum absolute atomic E-state index is 9.66. The molecule has 0 heterocycles. The molecule has 2 nitrogen and oxygen atoms in total. The smallest absolute Gasteiger partial charge is 0.120 e. The number of phenolic OH excluding ortho intramolecular Hbond substituents is 1. The Morgan fingerprint density at radius 3 is 2.88 bits per heavy atom. The molecule has 1 rings (SSSR count). The minimum absolute atomic E-state index is 0.360. The molecule has 16 heavy (non-hydrogen) atoms. The van der Waals surface area contributed by atoms with Crippen LogP contribution >= 0.6 is 15.9 Å². The predicted molar refractivity (Wildman–Crippen MR) is 71.6 cm³/mol. The summed E-state index contributed by atoms with van der Waals surface area (Å²) in [5, 5.41) is 13.1. The number of unbranched alkanes of at least 4 members (excludes halogenated alkanes) is 1. The SMILES string of the molecule is CCCCC(C)NCc1cc(Br)ccc1O. The van der Waals surface area contributed by atoms with Gasteiger partial charge < -0.3 is 10.4 Å². The topological polar surface area (TPSA) is 32.3 Å². The van der Waals surface area contributed by atoms with Gasteiger partial charge in [0, 0.05) is 22.6 Å². The third-order valence-electron chi connectivity index (χ3n) is 2.67. The van der Waals surface area contributed by atoms with Gasteiger partial charge in [0.2, 0.25) is 0 Å². The van der Waals surface area contributed by atoms with Crippen LogP contribution in [0.2, 0.25) is 0 Å². The molecule has 3 heteroatoms. The molecule has 0 aliphatic rings. The van der Waals surface area contributed by atoms with Crippen molar-refractivity contribution in [1.82, 2.24) is 5.32 Å². The molecule has 0 aliphatic carbocycles. The fourth-order valence-corrected chi connectivity index (χ4v) is 2.00. The van der Waals surface area contributed by atoms with Gasteiger partial charge in [-0.25, -0.2) is 0 Å². The molecule has 0 aliphatic heterocycles. The van der Waals surface area contributed by atoms with Gasteiger partial charge in [0.1, 0.15) is 5.75 Å². The molecule has 0 saturated heterocycles. The summed E-state index contributed by atoms with van der Waals surface area (Å²) in [6.07, 6.45) is 3.66. The summed E-state index contributed by atoms with van der Waals surface area (Å²) in [5.41, 5.74) is 0.942. The molecule has 0 aromatic heterocycles. The maximum Gasteiger partial charge on any atom is 0.120 e. The Morgan fingerprint density at radius 1 is 1.44 bits per heavy atom. The van der Waals surface area contributed by atoms with Crippen molar-refractivity contribution in [3.05, 3.63) is 28.2 Å². The van der Waals surface area contributed by atoms with Crippen LogP contribution in [0, 0.1) is 0 Å². The van der Waals surface area contributed by atoms with Crippen molar-refractivity contribution in [2.75, 3.05) is 0 Å². The Bertz CT molecular complexity index is 328. The second-order valence-electron chi connectivity index (χ2n) is 4.20. The number of nitrogens with one attached hydrogen (secondary N) is 1. The van der Waals surface area contributed by atoms with E-state index in [1.807, 2.05) is 12.1 Å². The second-order valence-corrected chi connectivity index (χ2v) is 5.11. The number of rotatable bonds is 6. The van der Waals surface area contributed by atoms with Crippen LogP contribution in [0.1, 0.15) is 38.7 Å². The molecule has 1 atom stereocenters. The lowest BCUT2D eigenvalue weighted by Gasteiger charge is -2.14. The van der Waals surface area contributed by atoms with Crippen LogP contribution in [0.15, 0.2) is 22.7 Å². The zero-order valence-electron chi connectivity index (χ0n) is 9.96. The first-order valence-corrected chi connectivity index (χ1v) is 6.63. The number of aromatic hydroxyl groups is 1. The minimum atomic E-state index is 0.360. The molecule has 1 aromatic carbocycles. The van der Waals surface area contributed by atoms with E-state index in [4.69, 9.17) is 0 Å². The molecule has 0 amide bonds. The summed E-state index contributed by atoms with van der Waals surface area (Å²) in [6, 6.07) is 6.02. The lowest BCUT2D eigenvalue weighted by atomic mass is 10.1. The average Bonchev–Trinajstić information content (AvgIpc) is 2.27. The minimum Gasteiger partial charge on any atom is -0.508 e. The highest BCUT2D eigenvalue weighted by Crippen LogP contribution is 2.21. The molecular weight excluding hydrogens is 266 g/mol. The van der Waals surface area contributed by atoms with E-state index in [-0.39, 0.29) is 0 Å². The van der Waals surface area contributed by atoms with Gasteiger partial charge in [-0.15, -0.1) is 0 Å². The molecule has 90 valence electrons. The highest BCUT2D eigenvalue weighted by atomic mass is 79.9. The summed E-state index contributed by atoms with van der Waals surface area (Å²) in [7, 11) is 0. The Labute approximate surface area is 106 Å². The zero-order valence-corrected chi connectivity index (χ0v) is 11.5. The normalized spacial score (nSPS) is 12.7. The summed E-state index contributed by atoms with van der Waals surface area (Å²) in [6.45, 7) is 5.10. The molecule has 0 fully saturated rings. The molecule has 0 radical (unpaired) electrons. The van der Waals surface area contributed by atoms with Crippen molar-refractivity contribution in [2.45, 2.75) is 45.7 Å². The first-order valence-electron chi connectivity index (χ1n) is 5.84. The molecule has 0 saturated carbocycles. The van der Waals surface area contributed by atoms with Crippen LogP contribution < -0.4 is 5.32 Å². The summed E-state index contributed by atoms with van der Waals surface area (Å²) >= 11 is 3.41. The fraction of sp³-hybridized carbons (Fsp3) is 0.538. The zero-order chi connectivity index (χ0) is 12.0. The molecule has 2 N–H and O–H groups in total. The average molecular weight is 286 g/mol. The molecule has 1 aromatic rings. The van der Waals surface area contributed by atoms with Crippen molar-refractivity contribution in [2.24, 2.45) is 0 Å². The van der Waals surface area contributed by atoms with E-state index in [0.29, 0.717) is 11.8 Å². The predicted octanol–water partition coefficient (Wildman–Crippen LogP) is 3.82. The van der Waals surface area contributed by atoms with E-state index in [1.54, 1.807) is 6.07 Å². The van der Waals surface area contributed by atoms with Gasteiger partial charge in [-0.2, -0.15) is 0 Å². The van der Waals surface area contributed by atoms with E-state index >= 15 is 0 Å². The van der Waals surface area contributed by atoms with Gasteiger partial charge in [0.05, 0.1) is 0 Å². The van der Waals surface area contributed by atoms with Crippen LogP contribution in [-0.4, -0.2) is 11.1 Å². The summed E-state index contributed by atoms with van der Waals surface area (Å²) in [5.74, 6) is 0.360. The Hall–Kier alpha value is -0.540. The summed E-state index contributed by atoms with van der Waals surface area (Å²) in [4.78, 5) is 0. The number of halogens is 1. The highest BCUT2D eigenvalue weighted by molar-refractivity contribution is 9.10. The van der Waals surface area contributed by atoms with E-state index in [2.05, 4.69) is 35.1 Å². The van der Waals surface area contributed by atoms with Gasteiger partial charge in [-0.05, 0) is 31.5 Å². The van der Waals surface area contributed by atoms with Crippen LogP contribution in [0.3, 0.4) is 0 Å². The van der Waals surface area contributed by atoms with Gasteiger partial charge in [0.25, 0.3) is 0 Å². The first kappa shape index (κ1) is 13.5. The van der Waals surface area contributed by atoms with Crippen LogP contribution in [0.4, 0.5) is 0 Å². The Kier molecular flexibility index (Phi) is 5.85. The van der Waals surface area contributed by atoms with E-state index < -0.39 is 0 Å². The van der Waals surface area contributed by atoms with Crippen molar-refractivity contribution < 1.29 is 5.11 Å². The van der Waals surface area contributed by atoms with Gasteiger partial charge >= 0.3 is 0 Å². The van der Waals surface area contributed by atoms with Crippen LogP contribution in [0.25, 0.3) is 0 Å². The molecule has 0 bridgehead atoms. The standard InChI is InChI=1S/C13H20BrNO/c1-3-4-5-10(2)15-9-11-8-12(14)6-7-13(11)16/h6-8,10,15-16H,3-5,9H2,1-2H3. The third-order valence-corrected chi connectivity index (χ3v) is 3.17. The first-order chi connectivity index (χ1) is 7.63. The molecule has 1 unspecified atom stereocenters. The van der Waals surface area contributed by atoms with Crippen LogP contribution in [0.5, 0.6) is 5.75 Å². The van der Waals surface area contributed by atoms with Gasteiger partial charge in [0.15, 0.2) is 0 Å². The fourth-order valence-electron chi connectivity index (χ4n) is 1.59. The number of benzene rings is 1. The van der Waals surface area contributed by atoms with Crippen LogP contribution in [-0.2, 0) is 6.54 Å². The second kappa shape index (κ2) is 6.92. The lowest BCUT2D eigenvalue weighted by molar-refractivity contribution is 0.451. The Morgan fingerprint density at radius 2 is 2.19 bits per heavy atom. The maximum atomic E-state index is 9.66. The van der Waals surface area contributed by atoms with Gasteiger partial charge in [-0.1, -0.05) is 35.7 Å². The van der Waals surface area contributed by atoms with Crippen molar-refractivity contribution >= 4 is 15.9 Å². The van der Waals surface area contributed by atoms with Crippen molar-refractivity contribution in [1.29, 1.82) is 0 Å². The van der Waals surface area contributed by atoms with Crippen molar-refractivity contribution in [3.63, 3.8) is 0 Å². The number of hydrogen-bond acceptors (Lipinski definition) is 2. The monoisotopic (exact) mass is 285 g/mol. The lowest BCUT2D eigenvalue weighted by Crippen LogP contribution is -2.25. The van der Waals surface area contributed by atoms with E-state index in [0.717, 1.165) is 16.6 Å². The quantitative estimate of drug-likeness (QED) is 0.833. The van der Waals surface area contributed by atoms with Gasteiger partial charge in [-0.3, -0.25) is 0 Å². The largest absolute Gasteiger partial charge is 0.508 e. The Balaban J connectivity index is 2.44. The number of phenols is 1. The van der Waals surface area contributed by atoms with Crippen molar-refractivity contribution in [3.8, 4) is 5.75 Å². The summed E-state index contributed by atoms with van der Waals surface area (Å²) < 4.78 is 1.00. The third kappa shape index (κ3) is 4.54. The highest BCUT2D eigenvalue weighted by Gasteiger charge is 2.04. The molecule has 0 spiro atoms. The van der Waals surface area contributed by atoms with E-state index in [9.17, 15) is 5.11 Å². The van der Waals surface area contributed by atoms with E-state index in [1.165, 1.54) is 19.3 Å². The number of hydrogen-bond donors (Lipinski definition) is 2. The molecular formula is C13H20BrNO.